The molecular formula is C14H29N3. The number of piperidine rings is 1. The van der Waals surface area contributed by atoms with Crippen molar-refractivity contribution in [2.24, 2.45) is 0 Å². The van der Waals surface area contributed by atoms with Crippen molar-refractivity contribution in [3.8, 4) is 0 Å². The van der Waals surface area contributed by atoms with E-state index in [9.17, 15) is 0 Å². The molecular weight excluding hydrogens is 210 g/mol. The summed E-state index contributed by atoms with van der Waals surface area (Å²) < 4.78 is 0. The van der Waals surface area contributed by atoms with Gasteiger partial charge in [-0.05, 0) is 46.2 Å². The lowest BCUT2D eigenvalue weighted by Crippen LogP contribution is -2.57. The lowest BCUT2D eigenvalue weighted by Gasteiger charge is -2.45. The summed E-state index contributed by atoms with van der Waals surface area (Å²) in [4.78, 5) is 5.34. The van der Waals surface area contributed by atoms with Crippen molar-refractivity contribution < 1.29 is 0 Å². The second-order valence-corrected chi connectivity index (χ2v) is 6.33. The maximum atomic E-state index is 3.62. The molecule has 2 aliphatic heterocycles. The first-order valence-corrected chi connectivity index (χ1v) is 7.32. The van der Waals surface area contributed by atoms with Crippen LogP contribution in [0, 0.1) is 0 Å². The Balaban J connectivity index is 1.80. The minimum absolute atomic E-state index is 0.337. The minimum Gasteiger partial charge on any atom is -0.312 e. The zero-order valence-electron chi connectivity index (χ0n) is 11.8. The second-order valence-electron chi connectivity index (χ2n) is 6.33. The van der Waals surface area contributed by atoms with Gasteiger partial charge in [0.1, 0.15) is 0 Å². The normalized spacial score (nSPS) is 31.6. The lowest BCUT2D eigenvalue weighted by atomic mass is 9.88. The van der Waals surface area contributed by atoms with E-state index in [1.807, 2.05) is 0 Å². The maximum absolute atomic E-state index is 3.62. The Hall–Kier alpha value is -0.120. The number of piperazine rings is 1. The molecule has 2 fully saturated rings. The lowest BCUT2D eigenvalue weighted by molar-refractivity contribution is 0.0625. The van der Waals surface area contributed by atoms with Gasteiger partial charge in [0.05, 0.1) is 0 Å². The molecule has 0 aliphatic carbocycles. The third-order valence-corrected chi connectivity index (χ3v) is 4.29. The molecule has 0 amide bonds. The van der Waals surface area contributed by atoms with Gasteiger partial charge in [0.15, 0.2) is 0 Å². The summed E-state index contributed by atoms with van der Waals surface area (Å²) in [5.74, 6) is 0. The van der Waals surface area contributed by atoms with Crippen molar-refractivity contribution in [3.63, 3.8) is 0 Å². The number of hydrogen-bond acceptors (Lipinski definition) is 3. The van der Waals surface area contributed by atoms with Crippen molar-refractivity contribution >= 4 is 0 Å². The summed E-state index contributed by atoms with van der Waals surface area (Å²) in [6, 6.07) is 0.815. The number of nitrogens with one attached hydrogen (secondary N) is 1. The number of rotatable bonds is 3. The van der Waals surface area contributed by atoms with Gasteiger partial charge in [-0.25, -0.2) is 0 Å². The van der Waals surface area contributed by atoms with E-state index in [1.165, 1.54) is 58.5 Å². The average molecular weight is 239 g/mol. The van der Waals surface area contributed by atoms with E-state index in [1.54, 1.807) is 0 Å². The van der Waals surface area contributed by atoms with Crippen LogP contribution >= 0.6 is 0 Å². The standard InChI is InChI=1S/C14H29N3/c1-4-7-16-8-10-17(11-9-16)13-5-6-15-14(2,3)12-13/h13,15H,4-12H2,1-3H3. The summed E-state index contributed by atoms with van der Waals surface area (Å²) in [5, 5.41) is 3.62. The topological polar surface area (TPSA) is 18.5 Å². The quantitative estimate of drug-likeness (QED) is 0.806. The summed E-state index contributed by atoms with van der Waals surface area (Å²) >= 11 is 0. The average Bonchev–Trinajstić information content (AvgIpc) is 2.29. The molecule has 0 saturated carbocycles. The Bertz CT molecular complexity index is 232. The fourth-order valence-electron chi connectivity index (χ4n) is 3.32. The van der Waals surface area contributed by atoms with Gasteiger partial charge in [-0.15, -0.1) is 0 Å². The highest BCUT2D eigenvalue weighted by molar-refractivity contribution is 4.91. The molecule has 0 bridgehead atoms. The molecule has 0 radical (unpaired) electrons. The highest BCUT2D eigenvalue weighted by Gasteiger charge is 2.32. The van der Waals surface area contributed by atoms with Gasteiger partial charge in [-0.2, -0.15) is 0 Å². The summed E-state index contributed by atoms with van der Waals surface area (Å²) in [6.45, 7) is 14.5. The zero-order chi connectivity index (χ0) is 12.3. The highest BCUT2D eigenvalue weighted by atomic mass is 15.3. The van der Waals surface area contributed by atoms with Gasteiger partial charge in [0, 0.05) is 37.8 Å². The molecule has 2 aliphatic rings. The first-order chi connectivity index (χ1) is 8.11. The Morgan fingerprint density at radius 1 is 1.18 bits per heavy atom. The first kappa shape index (κ1) is 13.3. The fourth-order valence-corrected chi connectivity index (χ4v) is 3.32. The van der Waals surface area contributed by atoms with Crippen LogP contribution in [0.25, 0.3) is 0 Å². The number of hydrogen-bond donors (Lipinski definition) is 1. The van der Waals surface area contributed by atoms with E-state index < -0.39 is 0 Å². The van der Waals surface area contributed by atoms with Crippen LogP contribution in [0.15, 0.2) is 0 Å². The molecule has 1 N–H and O–H groups in total. The molecule has 0 aromatic heterocycles. The Kier molecular flexibility index (Phi) is 4.45. The molecule has 1 atom stereocenters. The van der Waals surface area contributed by atoms with E-state index in [2.05, 4.69) is 35.9 Å². The van der Waals surface area contributed by atoms with Crippen LogP contribution < -0.4 is 5.32 Å². The Morgan fingerprint density at radius 3 is 2.47 bits per heavy atom. The van der Waals surface area contributed by atoms with Crippen molar-refractivity contribution in [2.75, 3.05) is 39.3 Å². The van der Waals surface area contributed by atoms with Crippen LogP contribution in [0.5, 0.6) is 0 Å². The molecule has 1 unspecified atom stereocenters. The monoisotopic (exact) mass is 239 g/mol. The zero-order valence-corrected chi connectivity index (χ0v) is 11.8. The van der Waals surface area contributed by atoms with Crippen LogP contribution in [-0.2, 0) is 0 Å². The molecule has 0 aromatic rings. The van der Waals surface area contributed by atoms with Crippen molar-refractivity contribution in [1.29, 1.82) is 0 Å². The summed E-state index contributed by atoms with van der Waals surface area (Å²) in [7, 11) is 0. The van der Waals surface area contributed by atoms with Crippen molar-refractivity contribution in [1.82, 2.24) is 15.1 Å². The predicted octanol–water partition coefficient (Wildman–Crippen LogP) is 1.54. The van der Waals surface area contributed by atoms with E-state index in [4.69, 9.17) is 0 Å². The Labute approximate surface area is 107 Å². The van der Waals surface area contributed by atoms with E-state index in [0.717, 1.165) is 6.04 Å². The van der Waals surface area contributed by atoms with E-state index >= 15 is 0 Å². The van der Waals surface area contributed by atoms with Crippen LogP contribution in [0.1, 0.15) is 40.0 Å². The van der Waals surface area contributed by atoms with Crippen LogP contribution in [0.3, 0.4) is 0 Å². The van der Waals surface area contributed by atoms with Gasteiger partial charge < -0.3 is 10.2 Å². The van der Waals surface area contributed by atoms with Gasteiger partial charge in [-0.1, -0.05) is 6.92 Å². The van der Waals surface area contributed by atoms with Gasteiger partial charge in [0.2, 0.25) is 0 Å². The van der Waals surface area contributed by atoms with E-state index in [-0.39, 0.29) is 0 Å². The molecule has 100 valence electrons. The number of nitrogens with zero attached hydrogens (tertiary/aromatic N) is 2. The molecule has 2 saturated heterocycles. The van der Waals surface area contributed by atoms with Crippen molar-refractivity contribution in [3.05, 3.63) is 0 Å². The maximum Gasteiger partial charge on any atom is 0.0140 e. The first-order valence-electron chi connectivity index (χ1n) is 7.32. The molecule has 3 heteroatoms. The SMILES string of the molecule is CCCN1CCN(C2CCNC(C)(C)C2)CC1. The van der Waals surface area contributed by atoms with Gasteiger partial charge in [-0.3, -0.25) is 4.90 Å². The third-order valence-electron chi connectivity index (χ3n) is 4.29. The minimum atomic E-state index is 0.337. The van der Waals surface area contributed by atoms with Crippen LogP contribution in [0.4, 0.5) is 0 Å². The molecule has 2 heterocycles. The van der Waals surface area contributed by atoms with Gasteiger partial charge in [0.25, 0.3) is 0 Å². The molecule has 2 rings (SSSR count). The molecule has 3 nitrogen and oxygen atoms in total. The smallest absolute Gasteiger partial charge is 0.0140 e. The second kappa shape index (κ2) is 5.68. The molecule has 17 heavy (non-hydrogen) atoms. The third kappa shape index (κ3) is 3.67. The predicted molar refractivity (Wildman–Crippen MR) is 73.4 cm³/mol. The Morgan fingerprint density at radius 2 is 1.88 bits per heavy atom. The van der Waals surface area contributed by atoms with Crippen molar-refractivity contribution in [2.45, 2.75) is 51.6 Å². The molecule has 0 spiro atoms. The highest BCUT2D eigenvalue weighted by Crippen LogP contribution is 2.23. The largest absolute Gasteiger partial charge is 0.312 e. The van der Waals surface area contributed by atoms with Gasteiger partial charge >= 0.3 is 0 Å². The summed E-state index contributed by atoms with van der Waals surface area (Å²) in [5.41, 5.74) is 0.337. The van der Waals surface area contributed by atoms with Crippen LogP contribution in [0.2, 0.25) is 0 Å². The molecule has 0 aromatic carbocycles. The summed E-state index contributed by atoms with van der Waals surface area (Å²) in [6.07, 6.45) is 3.93. The fraction of sp³-hybridized carbons (Fsp3) is 1.00. The van der Waals surface area contributed by atoms with Crippen LogP contribution in [-0.4, -0.2) is 60.6 Å². The van der Waals surface area contributed by atoms with E-state index in [0.29, 0.717) is 5.54 Å².